The summed E-state index contributed by atoms with van der Waals surface area (Å²) in [6.07, 6.45) is -2.43. The topological polar surface area (TPSA) is 110 Å². The van der Waals surface area contributed by atoms with Gasteiger partial charge in [0.25, 0.3) is 5.91 Å². The van der Waals surface area contributed by atoms with E-state index in [0.717, 1.165) is 5.56 Å². The van der Waals surface area contributed by atoms with Gasteiger partial charge in [-0.2, -0.15) is 0 Å². The first kappa shape index (κ1) is 22.1. The summed E-state index contributed by atoms with van der Waals surface area (Å²) in [7, 11) is 0. The van der Waals surface area contributed by atoms with Crippen molar-refractivity contribution in [1.29, 1.82) is 0 Å². The molecule has 3 heterocycles. The summed E-state index contributed by atoms with van der Waals surface area (Å²) in [5.74, 6) is -0.272. The lowest BCUT2D eigenvalue weighted by atomic mass is 9.76. The fourth-order valence-corrected chi connectivity index (χ4v) is 4.98. The van der Waals surface area contributed by atoms with Crippen LogP contribution in [0.5, 0.6) is 5.75 Å². The zero-order valence-corrected chi connectivity index (χ0v) is 17.8. The van der Waals surface area contributed by atoms with Gasteiger partial charge in [-0.25, -0.2) is 0 Å². The van der Waals surface area contributed by atoms with Crippen LogP contribution in [-0.2, 0) is 26.3 Å². The Morgan fingerprint density at radius 1 is 1.15 bits per heavy atom. The largest absolute Gasteiger partial charge is 0.523 e. The van der Waals surface area contributed by atoms with Crippen molar-refractivity contribution in [3.8, 4) is 5.75 Å². The number of nitrogens with two attached hydrogens (primary N) is 1. The highest BCUT2D eigenvalue weighted by molar-refractivity contribution is 5.85. The van der Waals surface area contributed by atoms with Gasteiger partial charge >= 0.3 is 6.36 Å². The van der Waals surface area contributed by atoms with Crippen molar-refractivity contribution >= 4 is 5.91 Å². The second kappa shape index (κ2) is 7.98. The van der Waals surface area contributed by atoms with Crippen LogP contribution in [0.25, 0.3) is 0 Å². The smallest absolute Gasteiger partial charge is 0.477 e. The maximum Gasteiger partial charge on any atom is 0.523 e. The van der Waals surface area contributed by atoms with Gasteiger partial charge in [-0.3, -0.25) is 9.53 Å². The molecule has 2 unspecified atom stereocenters. The van der Waals surface area contributed by atoms with Gasteiger partial charge in [0, 0.05) is 12.3 Å². The van der Waals surface area contributed by atoms with Crippen LogP contribution < -0.4 is 10.5 Å². The fraction of sp³-hybridized carbons (Fsp3) is 0.591. The molecule has 2 N–H and O–H groups in total. The molecule has 178 valence electrons. The molecule has 1 amide bonds. The van der Waals surface area contributed by atoms with E-state index in [4.69, 9.17) is 19.6 Å². The second-order valence-electron chi connectivity index (χ2n) is 8.90. The summed E-state index contributed by atoms with van der Waals surface area (Å²) < 4.78 is 60.5. The van der Waals surface area contributed by atoms with Crippen molar-refractivity contribution in [2.75, 3.05) is 6.61 Å². The van der Waals surface area contributed by atoms with Gasteiger partial charge in [-0.1, -0.05) is 18.2 Å². The molecule has 2 fully saturated rings. The van der Waals surface area contributed by atoms with Crippen LogP contribution in [0.2, 0.25) is 0 Å². The van der Waals surface area contributed by atoms with Gasteiger partial charge in [0.1, 0.15) is 11.9 Å². The van der Waals surface area contributed by atoms with Gasteiger partial charge in [0.15, 0.2) is 11.2 Å². The van der Waals surface area contributed by atoms with E-state index in [1.807, 2.05) is 24.3 Å². The highest BCUT2D eigenvalue weighted by Gasteiger charge is 2.53. The fourth-order valence-electron chi connectivity index (χ4n) is 4.98. The third kappa shape index (κ3) is 3.97. The van der Waals surface area contributed by atoms with E-state index in [1.165, 1.54) is 0 Å². The normalized spacial score (nSPS) is 28.9. The molecule has 0 radical (unpaired) electrons. The summed E-state index contributed by atoms with van der Waals surface area (Å²) in [4.78, 5) is 12.5. The molecule has 33 heavy (non-hydrogen) atoms. The van der Waals surface area contributed by atoms with Crippen LogP contribution in [-0.4, -0.2) is 34.7 Å². The summed E-state index contributed by atoms with van der Waals surface area (Å²) in [6, 6.07) is 7.53. The molecule has 5 rings (SSSR count). The second-order valence-corrected chi connectivity index (χ2v) is 8.90. The molecular formula is C22H24F3N3O5. The number of rotatable bonds is 5. The molecule has 3 atom stereocenters. The highest BCUT2D eigenvalue weighted by Crippen LogP contribution is 2.48. The molecule has 0 spiro atoms. The quantitative estimate of drug-likeness (QED) is 0.714. The Hall–Kier alpha value is -2.66. The number of carbonyl (C=O) groups excluding carboxylic acids is 1. The zero-order valence-electron chi connectivity index (χ0n) is 17.8. The van der Waals surface area contributed by atoms with E-state index >= 15 is 0 Å². The van der Waals surface area contributed by atoms with Crippen LogP contribution in [0.15, 0.2) is 28.7 Å². The van der Waals surface area contributed by atoms with Crippen LogP contribution in [0.3, 0.4) is 0 Å². The summed E-state index contributed by atoms with van der Waals surface area (Å²) in [5.41, 5.74) is 4.01. The SMILES string of the molecule is NC(=O)C1([C@H]2CCC(c3nnc(C4(OC(F)(F)F)CCC4)o3)OC2)CCc2ccccc2O1. The number of halogens is 3. The number of aryl methyl sites for hydroxylation is 1. The van der Waals surface area contributed by atoms with Gasteiger partial charge in [0.2, 0.25) is 11.8 Å². The number of hydrogen-bond acceptors (Lipinski definition) is 7. The Kier molecular flexibility index (Phi) is 5.36. The lowest BCUT2D eigenvalue weighted by molar-refractivity contribution is -0.387. The zero-order chi connectivity index (χ0) is 23.3. The molecule has 8 nitrogen and oxygen atoms in total. The minimum Gasteiger partial charge on any atom is -0.477 e. The average Bonchev–Trinajstić information content (AvgIpc) is 3.26. The Morgan fingerprint density at radius 2 is 1.94 bits per heavy atom. The molecular weight excluding hydrogens is 443 g/mol. The van der Waals surface area contributed by atoms with Crippen molar-refractivity contribution in [2.24, 2.45) is 11.7 Å². The lowest BCUT2D eigenvalue weighted by Crippen LogP contribution is -2.58. The van der Waals surface area contributed by atoms with E-state index in [1.54, 1.807) is 0 Å². The number of carbonyl (C=O) groups is 1. The average molecular weight is 467 g/mol. The van der Waals surface area contributed by atoms with E-state index in [0.29, 0.717) is 37.9 Å². The predicted octanol–water partition coefficient (Wildman–Crippen LogP) is 3.70. The van der Waals surface area contributed by atoms with Crippen molar-refractivity contribution < 1.29 is 36.6 Å². The van der Waals surface area contributed by atoms with Crippen LogP contribution in [0.4, 0.5) is 13.2 Å². The minimum absolute atomic E-state index is 0.100. The van der Waals surface area contributed by atoms with E-state index in [9.17, 15) is 18.0 Å². The van der Waals surface area contributed by atoms with Crippen LogP contribution in [0, 0.1) is 5.92 Å². The number of amides is 1. The summed E-state index contributed by atoms with van der Waals surface area (Å²) in [5, 5.41) is 7.75. The van der Waals surface area contributed by atoms with Crippen molar-refractivity contribution in [1.82, 2.24) is 10.2 Å². The Morgan fingerprint density at radius 3 is 2.58 bits per heavy atom. The Balaban J connectivity index is 1.28. The number of primary amides is 1. The standard InChI is InChI=1S/C22H24F3N3O5/c23-22(24,25)33-20(9-3-10-20)19-28-27-17(31-19)16-7-6-14(12-30-16)21(18(26)29)11-8-13-4-1-2-5-15(13)32-21/h1-2,4-5,14,16H,3,6-12H2,(H2,26,29)/t14-,16?,21?/m0/s1. The number of alkyl halides is 3. The Bertz CT molecular complexity index is 1030. The minimum atomic E-state index is -4.80. The molecule has 0 bridgehead atoms. The summed E-state index contributed by atoms with van der Waals surface area (Å²) >= 11 is 0. The number of aromatic nitrogens is 2. The van der Waals surface area contributed by atoms with Gasteiger partial charge < -0.3 is 19.6 Å². The molecule has 1 saturated heterocycles. The molecule has 2 aliphatic heterocycles. The molecule has 2 aromatic rings. The van der Waals surface area contributed by atoms with Gasteiger partial charge in [-0.05, 0) is 50.2 Å². The molecule has 1 saturated carbocycles. The lowest BCUT2D eigenvalue weighted by Gasteiger charge is -2.43. The van der Waals surface area contributed by atoms with Crippen molar-refractivity contribution in [3.05, 3.63) is 41.6 Å². The first-order valence-electron chi connectivity index (χ1n) is 11.0. The number of nitrogens with zero attached hydrogens (tertiary/aromatic N) is 2. The third-order valence-corrected chi connectivity index (χ3v) is 6.96. The van der Waals surface area contributed by atoms with Gasteiger partial charge in [0.05, 0.1) is 6.61 Å². The number of fused-ring (bicyclic) bond motifs is 1. The molecule has 1 aliphatic carbocycles. The van der Waals surface area contributed by atoms with E-state index in [-0.39, 0.29) is 37.1 Å². The third-order valence-electron chi connectivity index (χ3n) is 6.96. The maximum absolute atomic E-state index is 12.8. The molecule has 1 aromatic carbocycles. The molecule has 1 aromatic heterocycles. The number of para-hydroxylation sites is 1. The maximum atomic E-state index is 12.8. The monoisotopic (exact) mass is 467 g/mol. The Labute approximate surface area is 187 Å². The first-order chi connectivity index (χ1) is 15.7. The van der Waals surface area contributed by atoms with Crippen molar-refractivity contribution in [3.63, 3.8) is 0 Å². The van der Waals surface area contributed by atoms with Gasteiger partial charge in [-0.15, -0.1) is 23.4 Å². The van der Waals surface area contributed by atoms with Crippen molar-refractivity contribution in [2.45, 2.75) is 68.6 Å². The molecule has 3 aliphatic rings. The first-order valence-corrected chi connectivity index (χ1v) is 11.0. The summed E-state index contributed by atoms with van der Waals surface area (Å²) in [6.45, 7) is 0.164. The highest BCUT2D eigenvalue weighted by atomic mass is 19.4. The predicted molar refractivity (Wildman–Crippen MR) is 106 cm³/mol. The van der Waals surface area contributed by atoms with Crippen LogP contribution >= 0.6 is 0 Å². The molecule has 11 heteroatoms. The number of ether oxygens (including phenoxy) is 3. The van der Waals surface area contributed by atoms with E-state index in [2.05, 4.69) is 14.9 Å². The van der Waals surface area contributed by atoms with E-state index < -0.39 is 29.6 Å². The number of hydrogen-bond donors (Lipinski definition) is 1. The van der Waals surface area contributed by atoms with Crippen LogP contribution in [0.1, 0.15) is 62.0 Å². The number of benzene rings is 1.